The molecule has 1 aliphatic heterocycles. The number of rotatable bonds is 9. The van der Waals surface area contributed by atoms with Gasteiger partial charge in [-0.2, -0.15) is 4.98 Å². The van der Waals surface area contributed by atoms with Crippen LogP contribution in [0.2, 0.25) is 0 Å². The largest absolute Gasteiger partial charge is 0.495 e. The first kappa shape index (κ1) is 27.9. The maximum absolute atomic E-state index is 13.4. The number of nitrogens with one attached hydrogen (secondary N) is 1. The number of methoxy groups -OCH3 is 1. The highest BCUT2D eigenvalue weighted by Gasteiger charge is 2.31. The molecule has 0 atom stereocenters. The Kier molecular flexibility index (Phi) is 8.54. The molecule has 0 saturated heterocycles. The highest BCUT2D eigenvalue weighted by molar-refractivity contribution is 6.13. The molecule has 3 aromatic rings. The Morgan fingerprint density at radius 3 is 2.52 bits per heavy atom. The van der Waals surface area contributed by atoms with E-state index in [0.717, 1.165) is 42.7 Å². The second kappa shape index (κ2) is 12.3. The molecule has 2 aromatic carbocycles. The molecule has 1 fully saturated rings. The summed E-state index contributed by atoms with van der Waals surface area (Å²) in [5.41, 5.74) is 4.35. The number of ether oxygens (including phenoxy) is 1. The highest BCUT2D eigenvalue weighted by atomic mass is 16.5. The molecular formula is C32H42N6O2. The van der Waals surface area contributed by atoms with Crippen molar-refractivity contribution in [1.82, 2.24) is 14.9 Å². The Balaban J connectivity index is 1.48. The molecule has 8 nitrogen and oxygen atoms in total. The van der Waals surface area contributed by atoms with Gasteiger partial charge in [0.1, 0.15) is 11.4 Å². The number of carbonyl (C=O) groups excluding carboxylic acids is 1. The third kappa shape index (κ3) is 5.63. The molecule has 1 aromatic heterocycles. The van der Waals surface area contributed by atoms with Crippen LogP contribution in [-0.2, 0) is 0 Å². The van der Waals surface area contributed by atoms with Crippen molar-refractivity contribution in [2.45, 2.75) is 52.4 Å². The van der Waals surface area contributed by atoms with Crippen molar-refractivity contribution in [3.63, 3.8) is 0 Å². The van der Waals surface area contributed by atoms with E-state index < -0.39 is 0 Å². The zero-order valence-corrected chi connectivity index (χ0v) is 24.5. The van der Waals surface area contributed by atoms with Gasteiger partial charge in [0.25, 0.3) is 5.91 Å². The fraction of sp³-hybridized carbons (Fsp3) is 0.469. The van der Waals surface area contributed by atoms with Crippen LogP contribution in [0.4, 0.5) is 28.8 Å². The molecule has 0 spiro atoms. The van der Waals surface area contributed by atoms with Crippen molar-refractivity contribution in [1.29, 1.82) is 0 Å². The normalized spacial score (nSPS) is 18.8. The third-order valence-corrected chi connectivity index (χ3v) is 8.59. The van der Waals surface area contributed by atoms with Gasteiger partial charge in [-0.05, 0) is 67.6 Å². The summed E-state index contributed by atoms with van der Waals surface area (Å²) < 4.78 is 5.80. The highest BCUT2D eigenvalue weighted by Crippen LogP contribution is 2.41. The first-order valence-corrected chi connectivity index (χ1v) is 14.6. The van der Waals surface area contributed by atoms with E-state index in [-0.39, 0.29) is 5.91 Å². The molecule has 5 rings (SSSR count). The Bertz CT molecular complexity index is 1330. The molecular weight excluding hydrogens is 500 g/mol. The van der Waals surface area contributed by atoms with Gasteiger partial charge in [-0.3, -0.25) is 4.79 Å². The lowest BCUT2D eigenvalue weighted by Crippen LogP contribution is -2.33. The molecule has 0 unspecified atom stereocenters. The minimum absolute atomic E-state index is 0.0686. The van der Waals surface area contributed by atoms with Crippen molar-refractivity contribution >= 4 is 34.7 Å². The molecule has 8 heteroatoms. The monoisotopic (exact) mass is 542 g/mol. The average molecular weight is 543 g/mol. The van der Waals surface area contributed by atoms with Gasteiger partial charge in [-0.25, -0.2) is 4.98 Å². The molecule has 1 saturated carbocycles. The number of hydrogen-bond donors (Lipinski definition) is 1. The zero-order valence-electron chi connectivity index (χ0n) is 24.5. The molecule has 1 aliphatic carbocycles. The summed E-state index contributed by atoms with van der Waals surface area (Å²) in [6.07, 6.45) is 6.74. The fourth-order valence-corrected chi connectivity index (χ4v) is 5.94. The summed E-state index contributed by atoms with van der Waals surface area (Å²) in [5, 5.41) is 3.40. The van der Waals surface area contributed by atoms with Crippen LogP contribution in [0.15, 0.2) is 48.7 Å². The van der Waals surface area contributed by atoms with E-state index in [9.17, 15) is 4.79 Å². The summed E-state index contributed by atoms with van der Waals surface area (Å²) in [6.45, 7) is 10.2. The van der Waals surface area contributed by atoms with Crippen LogP contribution >= 0.6 is 0 Å². The van der Waals surface area contributed by atoms with Crippen LogP contribution < -0.4 is 19.9 Å². The van der Waals surface area contributed by atoms with E-state index in [1.54, 1.807) is 25.3 Å². The van der Waals surface area contributed by atoms with Crippen LogP contribution in [0.25, 0.3) is 0 Å². The van der Waals surface area contributed by atoms with E-state index in [1.165, 1.54) is 31.2 Å². The number of carbonyl (C=O) groups is 1. The van der Waals surface area contributed by atoms with Crippen molar-refractivity contribution in [3.05, 3.63) is 59.8 Å². The van der Waals surface area contributed by atoms with Crippen molar-refractivity contribution in [2.75, 3.05) is 55.5 Å². The maximum Gasteiger partial charge on any atom is 0.260 e. The van der Waals surface area contributed by atoms with Gasteiger partial charge in [0.05, 0.1) is 30.2 Å². The first-order chi connectivity index (χ1) is 19.4. The number of amides is 1. The first-order valence-electron chi connectivity index (χ1n) is 14.6. The van der Waals surface area contributed by atoms with Crippen LogP contribution in [0, 0.1) is 5.92 Å². The standard InChI is InChI=1S/C32H42N6O2/c1-6-37(7-2)18-19-38-27-11-9-8-10-25(27)31(39)36(4)28-21-33-32(35-30(28)38)34-26-17-16-24(20-29(26)40-5)23-14-12-22(3)13-15-23/h8-11,16-17,20-23H,6-7,12-15,18-19H2,1-5H3,(H,33,34,35). The number of fused-ring (bicyclic) bond motifs is 2. The van der Waals surface area contributed by atoms with Gasteiger partial charge in [-0.1, -0.05) is 51.8 Å². The number of nitrogens with zero attached hydrogens (tertiary/aromatic N) is 5. The van der Waals surface area contributed by atoms with Crippen molar-refractivity contribution in [2.24, 2.45) is 5.92 Å². The second-order valence-corrected chi connectivity index (χ2v) is 11.0. The molecule has 212 valence electrons. The minimum atomic E-state index is -0.0686. The summed E-state index contributed by atoms with van der Waals surface area (Å²) in [5.74, 6) is 3.28. The van der Waals surface area contributed by atoms with Gasteiger partial charge in [-0.15, -0.1) is 0 Å². The molecule has 1 N–H and O–H groups in total. The fourth-order valence-electron chi connectivity index (χ4n) is 5.94. The average Bonchev–Trinajstić information content (AvgIpc) is 3.07. The Labute approximate surface area is 238 Å². The summed E-state index contributed by atoms with van der Waals surface area (Å²) in [4.78, 5) is 29.2. The number of aromatic nitrogens is 2. The predicted molar refractivity (Wildman–Crippen MR) is 163 cm³/mol. The third-order valence-electron chi connectivity index (χ3n) is 8.59. The lowest BCUT2D eigenvalue weighted by molar-refractivity contribution is 0.0994. The lowest BCUT2D eigenvalue weighted by atomic mass is 9.79. The maximum atomic E-state index is 13.4. The van der Waals surface area contributed by atoms with Crippen LogP contribution in [0.5, 0.6) is 5.75 Å². The number of anilines is 5. The van der Waals surface area contributed by atoms with Gasteiger partial charge in [0, 0.05) is 20.1 Å². The molecule has 0 bridgehead atoms. The van der Waals surface area contributed by atoms with Crippen LogP contribution in [-0.4, -0.2) is 61.1 Å². The summed E-state index contributed by atoms with van der Waals surface area (Å²) in [7, 11) is 3.49. The van der Waals surface area contributed by atoms with E-state index >= 15 is 0 Å². The number of likely N-dealkylation sites (N-methyl/N-ethyl adjacent to an activating group) is 1. The van der Waals surface area contributed by atoms with E-state index in [4.69, 9.17) is 9.72 Å². The number of para-hydroxylation sites is 1. The second-order valence-electron chi connectivity index (χ2n) is 11.0. The molecule has 40 heavy (non-hydrogen) atoms. The number of benzene rings is 2. The Hall–Kier alpha value is -3.65. The zero-order chi connectivity index (χ0) is 28.2. The Morgan fingerprint density at radius 1 is 1.05 bits per heavy atom. The Morgan fingerprint density at radius 2 is 1.80 bits per heavy atom. The van der Waals surface area contributed by atoms with Crippen LogP contribution in [0.3, 0.4) is 0 Å². The SMILES string of the molecule is CCN(CC)CCN1c2ccccc2C(=O)N(C)c2cnc(Nc3ccc(C4CCC(C)CC4)cc3OC)nc21. The number of hydrogen-bond acceptors (Lipinski definition) is 7. The van der Waals surface area contributed by atoms with Crippen molar-refractivity contribution in [3.8, 4) is 5.75 Å². The summed E-state index contributed by atoms with van der Waals surface area (Å²) in [6, 6.07) is 14.2. The molecule has 2 aliphatic rings. The van der Waals surface area contributed by atoms with Gasteiger partial charge in [0.15, 0.2) is 5.82 Å². The summed E-state index contributed by atoms with van der Waals surface area (Å²) >= 11 is 0. The quantitative estimate of drug-likeness (QED) is 0.327. The van der Waals surface area contributed by atoms with Crippen LogP contribution in [0.1, 0.15) is 68.3 Å². The topological polar surface area (TPSA) is 73.8 Å². The van der Waals surface area contributed by atoms with Crippen molar-refractivity contribution < 1.29 is 9.53 Å². The molecule has 1 amide bonds. The minimum Gasteiger partial charge on any atom is -0.495 e. The predicted octanol–water partition coefficient (Wildman–Crippen LogP) is 6.59. The van der Waals surface area contributed by atoms with E-state index in [1.807, 2.05) is 24.3 Å². The lowest BCUT2D eigenvalue weighted by Gasteiger charge is -2.28. The smallest absolute Gasteiger partial charge is 0.260 e. The molecule has 2 heterocycles. The van der Waals surface area contributed by atoms with Gasteiger partial charge < -0.3 is 24.8 Å². The molecule has 0 radical (unpaired) electrons. The van der Waals surface area contributed by atoms with E-state index in [2.05, 4.69) is 59.1 Å². The van der Waals surface area contributed by atoms with E-state index in [0.29, 0.717) is 35.5 Å². The van der Waals surface area contributed by atoms with Gasteiger partial charge in [0.2, 0.25) is 5.95 Å². The van der Waals surface area contributed by atoms with Gasteiger partial charge >= 0.3 is 0 Å².